The van der Waals surface area contributed by atoms with Gasteiger partial charge in [-0.05, 0) is 30.7 Å². The number of nitrogen functional groups attached to an aromatic ring is 1. The molecule has 0 aliphatic heterocycles. The van der Waals surface area contributed by atoms with Gasteiger partial charge in [0.25, 0.3) is 5.91 Å². The highest BCUT2D eigenvalue weighted by molar-refractivity contribution is 6.33. The van der Waals surface area contributed by atoms with Crippen molar-refractivity contribution in [1.29, 1.82) is 0 Å². The van der Waals surface area contributed by atoms with E-state index in [0.29, 0.717) is 54.1 Å². The molecule has 0 aliphatic carbocycles. The maximum absolute atomic E-state index is 12.6. The Labute approximate surface area is 158 Å². The Morgan fingerprint density at radius 3 is 2.69 bits per heavy atom. The fraction of sp³-hybridized carbons (Fsp3) is 0.316. The predicted octanol–water partition coefficient (Wildman–Crippen LogP) is 3.74. The van der Waals surface area contributed by atoms with Crippen LogP contribution in [0, 0.1) is 0 Å². The van der Waals surface area contributed by atoms with E-state index >= 15 is 0 Å². The summed E-state index contributed by atoms with van der Waals surface area (Å²) in [6.45, 7) is 4.13. The highest BCUT2D eigenvalue weighted by Crippen LogP contribution is 2.29. The zero-order valence-corrected chi connectivity index (χ0v) is 15.6. The van der Waals surface area contributed by atoms with E-state index in [1.807, 2.05) is 25.1 Å². The van der Waals surface area contributed by atoms with Crippen LogP contribution in [0.15, 0.2) is 36.4 Å². The first-order valence-electron chi connectivity index (χ1n) is 8.24. The molecule has 0 fully saturated rings. The van der Waals surface area contributed by atoms with E-state index in [9.17, 15) is 4.79 Å². The minimum absolute atomic E-state index is 0.299. The number of carbonyl (C=O) groups is 1. The molecule has 3 N–H and O–H groups in total. The first-order chi connectivity index (χ1) is 12.5. The van der Waals surface area contributed by atoms with Crippen molar-refractivity contribution in [3.8, 4) is 5.75 Å². The van der Waals surface area contributed by atoms with Gasteiger partial charge in [0.2, 0.25) is 0 Å². The van der Waals surface area contributed by atoms with Crippen molar-refractivity contribution < 1.29 is 19.0 Å². The molecule has 1 amide bonds. The number of hydrogen-bond acceptors (Lipinski definition) is 5. The average Bonchev–Trinajstić information content (AvgIpc) is 2.63. The van der Waals surface area contributed by atoms with Crippen molar-refractivity contribution in [3.05, 3.63) is 52.5 Å². The van der Waals surface area contributed by atoms with Gasteiger partial charge in [-0.15, -0.1) is 0 Å². The van der Waals surface area contributed by atoms with Gasteiger partial charge in [-0.25, -0.2) is 0 Å². The van der Waals surface area contributed by atoms with Gasteiger partial charge in [0, 0.05) is 18.4 Å². The summed E-state index contributed by atoms with van der Waals surface area (Å²) in [5, 5.41) is 3.13. The summed E-state index contributed by atoms with van der Waals surface area (Å²) in [6.07, 6.45) is 0. The Balaban J connectivity index is 2.03. The third-order valence-electron chi connectivity index (χ3n) is 3.59. The molecule has 2 aromatic rings. The van der Waals surface area contributed by atoms with E-state index < -0.39 is 0 Å². The minimum Gasteiger partial charge on any atom is -0.496 e. The Hall–Kier alpha value is -2.28. The maximum Gasteiger partial charge on any atom is 0.259 e. The molecular weight excluding hydrogens is 356 g/mol. The van der Waals surface area contributed by atoms with Gasteiger partial charge in [0.15, 0.2) is 0 Å². The van der Waals surface area contributed by atoms with Gasteiger partial charge in [0.05, 0.1) is 43.2 Å². The van der Waals surface area contributed by atoms with Crippen molar-refractivity contribution in [3.63, 3.8) is 0 Å². The lowest BCUT2D eigenvalue weighted by Gasteiger charge is -2.12. The smallest absolute Gasteiger partial charge is 0.259 e. The second-order valence-corrected chi connectivity index (χ2v) is 5.89. The van der Waals surface area contributed by atoms with Crippen molar-refractivity contribution in [2.24, 2.45) is 0 Å². The van der Waals surface area contributed by atoms with Gasteiger partial charge in [-0.2, -0.15) is 0 Å². The van der Waals surface area contributed by atoms with Gasteiger partial charge in [-0.3, -0.25) is 4.79 Å². The largest absolute Gasteiger partial charge is 0.496 e. The lowest BCUT2D eigenvalue weighted by molar-refractivity contribution is 0.0453. The van der Waals surface area contributed by atoms with Crippen molar-refractivity contribution in [1.82, 2.24) is 0 Å². The lowest BCUT2D eigenvalue weighted by Crippen LogP contribution is -2.14. The zero-order chi connectivity index (χ0) is 18.9. The molecule has 0 heterocycles. The molecule has 2 aromatic carbocycles. The van der Waals surface area contributed by atoms with E-state index in [-0.39, 0.29) is 5.91 Å². The molecule has 0 aromatic heterocycles. The molecule has 0 aliphatic rings. The molecule has 0 saturated carbocycles. The fourth-order valence-electron chi connectivity index (χ4n) is 2.30. The van der Waals surface area contributed by atoms with E-state index in [4.69, 9.17) is 31.5 Å². The first-order valence-corrected chi connectivity index (χ1v) is 8.61. The topological polar surface area (TPSA) is 82.8 Å². The molecule has 0 unspecified atom stereocenters. The molecule has 0 bridgehead atoms. The van der Waals surface area contributed by atoms with Crippen molar-refractivity contribution in [2.75, 3.05) is 38.0 Å². The van der Waals surface area contributed by atoms with Crippen LogP contribution < -0.4 is 15.8 Å². The van der Waals surface area contributed by atoms with Crippen molar-refractivity contribution in [2.45, 2.75) is 13.5 Å². The minimum atomic E-state index is -0.335. The summed E-state index contributed by atoms with van der Waals surface area (Å²) in [7, 11) is 1.47. The average molecular weight is 379 g/mol. The summed E-state index contributed by atoms with van der Waals surface area (Å²) in [5.74, 6) is 0.0259. The second kappa shape index (κ2) is 10.0. The van der Waals surface area contributed by atoms with Crippen LogP contribution in [0.25, 0.3) is 0 Å². The van der Waals surface area contributed by atoms with E-state index in [1.54, 1.807) is 6.07 Å². The highest BCUT2D eigenvalue weighted by atomic mass is 35.5. The summed E-state index contributed by atoms with van der Waals surface area (Å²) in [6, 6.07) is 10.4. The van der Waals surface area contributed by atoms with Crippen molar-refractivity contribution >= 4 is 28.9 Å². The highest BCUT2D eigenvalue weighted by Gasteiger charge is 2.15. The molecule has 0 radical (unpaired) electrons. The molecule has 7 heteroatoms. The Kier molecular flexibility index (Phi) is 7.72. The number of methoxy groups -OCH3 is 1. The maximum atomic E-state index is 12.6. The third-order valence-corrected chi connectivity index (χ3v) is 3.92. The molecule has 0 atom stereocenters. The molecule has 0 spiro atoms. The van der Waals surface area contributed by atoms with Crippen LogP contribution in [-0.4, -0.2) is 32.8 Å². The molecule has 6 nitrogen and oxygen atoms in total. The quantitative estimate of drug-likeness (QED) is 0.513. The summed E-state index contributed by atoms with van der Waals surface area (Å²) in [4.78, 5) is 12.6. The van der Waals surface area contributed by atoms with E-state index in [1.165, 1.54) is 19.2 Å². The lowest BCUT2D eigenvalue weighted by atomic mass is 10.1. The second-order valence-electron chi connectivity index (χ2n) is 5.48. The number of amides is 1. The number of halogens is 1. The molecule has 26 heavy (non-hydrogen) atoms. The van der Waals surface area contributed by atoms with Crippen LogP contribution in [0.1, 0.15) is 22.8 Å². The van der Waals surface area contributed by atoms with Gasteiger partial charge in [-0.1, -0.05) is 23.7 Å². The number of nitrogens with one attached hydrogen (secondary N) is 1. The van der Waals surface area contributed by atoms with Crippen LogP contribution in [0.2, 0.25) is 5.02 Å². The SMILES string of the molecule is CCOCCOCc1cccc(NC(=O)c2cc(Cl)c(N)cc2OC)c1. The Morgan fingerprint density at radius 1 is 1.19 bits per heavy atom. The van der Waals surface area contributed by atoms with E-state index in [2.05, 4.69) is 5.32 Å². The number of ether oxygens (including phenoxy) is 3. The monoisotopic (exact) mass is 378 g/mol. The molecule has 0 saturated heterocycles. The number of anilines is 2. The number of carbonyl (C=O) groups excluding carboxylic acids is 1. The van der Waals surface area contributed by atoms with Crippen LogP contribution in [0.5, 0.6) is 5.75 Å². The fourth-order valence-corrected chi connectivity index (χ4v) is 2.47. The molecule has 2 rings (SSSR count). The van der Waals surface area contributed by atoms with E-state index in [0.717, 1.165) is 5.56 Å². The van der Waals surface area contributed by atoms with Gasteiger partial charge in [0.1, 0.15) is 5.75 Å². The molecular formula is C19H23ClN2O4. The summed E-state index contributed by atoms with van der Waals surface area (Å²) in [5.41, 5.74) is 8.01. The number of benzene rings is 2. The third kappa shape index (κ3) is 5.62. The summed E-state index contributed by atoms with van der Waals surface area (Å²) < 4.78 is 16.0. The zero-order valence-electron chi connectivity index (χ0n) is 14.9. The Bertz CT molecular complexity index is 752. The molecule has 140 valence electrons. The standard InChI is InChI=1S/C19H23ClN2O4/c1-3-25-7-8-26-12-13-5-4-6-14(9-13)22-19(23)15-10-16(20)17(21)11-18(15)24-2/h4-6,9-11H,3,7-8,12,21H2,1-2H3,(H,22,23). The number of rotatable bonds is 9. The van der Waals surface area contributed by atoms with Crippen LogP contribution in [-0.2, 0) is 16.1 Å². The van der Waals surface area contributed by atoms with Gasteiger partial charge >= 0.3 is 0 Å². The number of nitrogens with two attached hydrogens (primary N) is 1. The predicted molar refractivity (Wildman–Crippen MR) is 103 cm³/mol. The normalized spacial score (nSPS) is 10.6. The number of hydrogen-bond donors (Lipinski definition) is 2. The van der Waals surface area contributed by atoms with Crippen LogP contribution in [0.3, 0.4) is 0 Å². The van der Waals surface area contributed by atoms with Gasteiger partial charge < -0.3 is 25.3 Å². The summed E-state index contributed by atoms with van der Waals surface area (Å²) >= 11 is 6.02. The first kappa shape index (κ1) is 20.0. The van der Waals surface area contributed by atoms with Crippen LogP contribution >= 0.6 is 11.6 Å². The Morgan fingerprint density at radius 2 is 1.96 bits per heavy atom. The van der Waals surface area contributed by atoms with Crippen LogP contribution in [0.4, 0.5) is 11.4 Å².